The predicted molar refractivity (Wildman–Crippen MR) is 130 cm³/mol. The number of halogens is 1. The second kappa shape index (κ2) is 14.2. The minimum atomic E-state index is -0.990. The first-order chi connectivity index (χ1) is 16.3. The summed E-state index contributed by atoms with van der Waals surface area (Å²) < 4.78 is 24.5. The van der Waals surface area contributed by atoms with Crippen molar-refractivity contribution in [2.75, 3.05) is 31.6 Å². The topological polar surface area (TPSA) is 88.1 Å². The van der Waals surface area contributed by atoms with Crippen LogP contribution in [-0.4, -0.2) is 54.4 Å². The van der Waals surface area contributed by atoms with Crippen LogP contribution in [0.25, 0.3) is 0 Å². The number of nitrogens with zero attached hydrogens (tertiary/aromatic N) is 1. The SMILES string of the molecule is CCOC(Cc1ccc(OCCN(CCCC(C)C)C(=O)Nc2cccc(F)c2)cc1)C(=O)O. The predicted octanol–water partition coefficient (Wildman–Crippen LogP) is 5.21. The number of benzene rings is 2. The van der Waals surface area contributed by atoms with Crippen molar-refractivity contribution < 1.29 is 28.6 Å². The minimum Gasteiger partial charge on any atom is -0.492 e. The first-order valence-electron chi connectivity index (χ1n) is 11.7. The molecule has 34 heavy (non-hydrogen) atoms. The zero-order valence-electron chi connectivity index (χ0n) is 20.1. The molecule has 0 radical (unpaired) electrons. The number of nitrogens with one attached hydrogen (secondary N) is 1. The van der Waals surface area contributed by atoms with Crippen LogP contribution in [0.2, 0.25) is 0 Å². The van der Waals surface area contributed by atoms with E-state index in [9.17, 15) is 19.1 Å². The van der Waals surface area contributed by atoms with E-state index in [-0.39, 0.29) is 19.1 Å². The molecule has 0 aliphatic heterocycles. The van der Waals surface area contributed by atoms with Crippen LogP contribution in [0.4, 0.5) is 14.9 Å². The maximum absolute atomic E-state index is 13.5. The lowest BCUT2D eigenvalue weighted by molar-refractivity contribution is -0.149. The first kappa shape index (κ1) is 27.1. The monoisotopic (exact) mass is 474 g/mol. The quantitative estimate of drug-likeness (QED) is 0.393. The molecule has 0 heterocycles. The molecular formula is C26H35FN2O5. The highest BCUT2D eigenvalue weighted by atomic mass is 19.1. The molecule has 0 bridgehead atoms. The largest absolute Gasteiger partial charge is 0.492 e. The molecule has 2 aromatic rings. The lowest BCUT2D eigenvalue weighted by Crippen LogP contribution is -2.38. The standard InChI is InChI=1S/C26H35FN2O5/c1-4-33-24(25(30)31)17-20-10-12-23(13-11-20)34-16-15-29(14-6-7-19(2)3)26(32)28-22-9-5-8-21(27)18-22/h5,8-13,18-19,24H,4,6-7,14-17H2,1-3H3,(H,28,32)(H,30,31). The summed E-state index contributed by atoms with van der Waals surface area (Å²) in [5.41, 5.74) is 1.24. The van der Waals surface area contributed by atoms with Gasteiger partial charge in [0.05, 0.1) is 6.54 Å². The number of anilines is 1. The van der Waals surface area contributed by atoms with Crippen molar-refractivity contribution in [1.82, 2.24) is 4.90 Å². The van der Waals surface area contributed by atoms with Crippen molar-refractivity contribution in [3.8, 4) is 5.75 Å². The van der Waals surface area contributed by atoms with Gasteiger partial charge >= 0.3 is 12.0 Å². The first-order valence-corrected chi connectivity index (χ1v) is 11.7. The Kier molecular flexibility index (Phi) is 11.3. The van der Waals surface area contributed by atoms with Gasteiger partial charge in [0.2, 0.25) is 0 Å². The van der Waals surface area contributed by atoms with Crippen molar-refractivity contribution in [2.45, 2.75) is 46.1 Å². The molecule has 2 N–H and O–H groups in total. The number of rotatable bonds is 14. The van der Waals surface area contributed by atoms with Gasteiger partial charge in [0, 0.05) is 25.3 Å². The van der Waals surface area contributed by atoms with Crippen molar-refractivity contribution in [3.05, 3.63) is 59.9 Å². The van der Waals surface area contributed by atoms with E-state index in [1.54, 1.807) is 48.2 Å². The van der Waals surface area contributed by atoms with Crippen LogP contribution in [0.1, 0.15) is 39.2 Å². The van der Waals surface area contributed by atoms with E-state index in [2.05, 4.69) is 19.2 Å². The van der Waals surface area contributed by atoms with Gasteiger partial charge in [-0.1, -0.05) is 32.0 Å². The van der Waals surface area contributed by atoms with Crippen LogP contribution in [-0.2, 0) is 16.0 Å². The number of carboxylic acids is 1. The van der Waals surface area contributed by atoms with Crippen molar-refractivity contribution in [2.24, 2.45) is 5.92 Å². The average Bonchev–Trinajstić information content (AvgIpc) is 2.78. The molecule has 8 heteroatoms. The van der Waals surface area contributed by atoms with Crippen LogP contribution in [0, 0.1) is 11.7 Å². The highest BCUT2D eigenvalue weighted by Gasteiger charge is 2.18. The lowest BCUT2D eigenvalue weighted by Gasteiger charge is -2.24. The smallest absolute Gasteiger partial charge is 0.333 e. The fraction of sp³-hybridized carbons (Fsp3) is 0.462. The van der Waals surface area contributed by atoms with Crippen LogP contribution in [0.5, 0.6) is 5.75 Å². The number of urea groups is 1. The van der Waals surface area contributed by atoms with Gasteiger partial charge < -0.3 is 24.8 Å². The van der Waals surface area contributed by atoms with E-state index >= 15 is 0 Å². The van der Waals surface area contributed by atoms with Gasteiger partial charge in [-0.25, -0.2) is 14.0 Å². The van der Waals surface area contributed by atoms with Crippen LogP contribution >= 0.6 is 0 Å². The van der Waals surface area contributed by atoms with Crippen LogP contribution in [0.3, 0.4) is 0 Å². The minimum absolute atomic E-state index is 0.271. The molecule has 0 aromatic heterocycles. The number of amides is 2. The molecule has 0 saturated carbocycles. The second-order valence-corrected chi connectivity index (χ2v) is 8.44. The van der Waals surface area contributed by atoms with E-state index in [0.29, 0.717) is 37.1 Å². The van der Waals surface area contributed by atoms with Gasteiger partial charge in [-0.05, 0) is 61.6 Å². The van der Waals surface area contributed by atoms with E-state index in [1.165, 1.54) is 12.1 Å². The number of carbonyl (C=O) groups is 2. The number of hydrogen-bond acceptors (Lipinski definition) is 4. The Morgan fingerprint density at radius 3 is 2.47 bits per heavy atom. The Morgan fingerprint density at radius 1 is 1.12 bits per heavy atom. The number of carboxylic acid groups (broad SMARTS) is 1. The molecule has 0 aliphatic carbocycles. The molecule has 0 aliphatic rings. The maximum atomic E-state index is 13.5. The summed E-state index contributed by atoms with van der Waals surface area (Å²) in [7, 11) is 0. The summed E-state index contributed by atoms with van der Waals surface area (Å²) >= 11 is 0. The van der Waals surface area contributed by atoms with Gasteiger partial charge in [0.1, 0.15) is 18.2 Å². The molecular weight excluding hydrogens is 439 g/mol. The fourth-order valence-electron chi connectivity index (χ4n) is 3.40. The summed E-state index contributed by atoms with van der Waals surface area (Å²) in [6.07, 6.45) is 1.24. The van der Waals surface area contributed by atoms with E-state index in [1.807, 2.05) is 0 Å². The molecule has 1 atom stereocenters. The molecule has 0 fully saturated rings. The third-order valence-electron chi connectivity index (χ3n) is 5.19. The fourth-order valence-corrected chi connectivity index (χ4v) is 3.40. The Morgan fingerprint density at radius 2 is 1.85 bits per heavy atom. The van der Waals surface area contributed by atoms with Gasteiger partial charge in [-0.15, -0.1) is 0 Å². The van der Waals surface area contributed by atoms with E-state index < -0.39 is 17.9 Å². The number of aliphatic carboxylic acids is 1. The molecule has 2 amide bonds. The van der Waals surface area contributed by atoms with Crippen LogP contribution in [0.15, 0.2) is 48.5 Å². The zero-order chi connectivity index (χ0) is 24.9. The summed E-state index contributed by atoms with van der Waals surface area (Å²) in [5.74, 6) is -0.242. The number of carbonyl (C=O) groups excluding carboxylic acids is 1. The second-order valence-electron chi connectivity index (χ2n) is 8.44. The molecule has 7 nitrogen and oxygen atoms in total. The normalized spacial score (nSPS) is 11.8. The van der Waals surface area contributed by atoms with Gasteiger partial charge in [-0.2, -0.15) is 0 Å². The Bertz CT molecular complexity index is 904. The molecule has 1 unspecified atom stereocenters. The zero-order valence-corrected chi connectivity index (χ0v) is 20.1. The van der Waals surface area contributed by atoms with E-state index in [4.69, 9.17) is 9.47 Å². The molecule has 0 saturated heterocycles. The molecule has 0 spiro atoms. The van der Waals surface area contributed by atoms with Crippen LogP contribution < -0.4 is 10.1 Å². The third-order valence-corrected chi connectivity index (χ3v) is 5.19. The third kappa shape index (κ3) is 9.79. The number of ether oxygens (including phenoxy) is 2. The van der Waals surface area contributed by atoms with Crippen molar-refractivity contribution in [1.29, 1.82) is 0 Å². The Hall–Kier alpha value is -3.13. The summed E-state index contributed by atoms with van der Waals surface area (Å²) in [5, 5.41) is 12.0. The molecule has 186 valence electrons. The summed E-state index contributed by atoms with van der Waals surface area (Å²) in [6, 6.07) is 12.7. The Balaban J connectivity index is 1.91. The van der Waals surface area contributed by atoms with Gasteiger partial charge in [-0.3, -0.25) is 0 Å². The highest BCUT2D eigenvalue weighted by Crippen LogP contribution is 2.16. The summed E-state index contributed by atoms with van der Waals surface area (Å²) in [6.45, 7) is 7.58. The van der Waals surface area contributed by atoms with Crippen molar-refractivity contribution in [3.63, 3.8) is 0 Å². The molecule has 2 rings (SSSR count). The van der Waals surface area contributed by atoms with E-state index in [0.717, 1.165) is 18.4 Å². The summed E-state index contributed by atoms with van der Waals surface area (Å²) in [4.78, 5) is 25.7. The number of hydrogen-bond donors (Lipinski definition) is 2. The average molecular weight is 475 g/mol. The van der Waals surface area contributed by atoms with Gasteiger partial charge in [0.15, 0.2) is 6.10 Å². The van der Waals surface area contributed by atoms with Crippen molar-refractivity contribution >= 4 is 17.7 Å². The lowest BCUT2D eigenvalue weighted by atomic mass is 10.1. The maximum Gasteiger partial charge on any atom is 0.333 e. The highest BCUT2D eigenvalue weighted by molar-refractivity contribution is 5.89. The van der Waals surface area contributed by atoms with Gasteiger partial charge in [0.25, 0.3) is 0 Å². The molecule has 2 aromatic carbocycles. The Labute approximate surface area is 200 Å².